The summed E-state index contributed by atoms with van der Waals surface area (Å²) >= 11 is 5.82. The maximum Gasteiger partial charge on any atom is 0.358 e. The summed E-state index contributed by atoms with van der Waals surface area (Å²) in [5.74, 6) is -1.90. The van der Waals surface area contributed by atoms with Crippen molar-refractivity contribution in [3.05, 3.63) is 40.8 Å². The third-order valence-corrected chi connectivity index (χ3v) is 2.61. The van der Waals surface area contributed by atoms with Gasteiger partial charge in [-0.1, -0.05) is 23.7 Å². The molecule has 1 aromatic heterocycles. The first-order chi connectivity index (χ1) is 8.56. The zero-order valence-electron chi connectivity index (χ0n) is 9.22. The standard InChI is InChI=1S/C11H8ClFN2O3/c1-18-10-8(12)9(11(16)17)14-15(10)7-5-3-2-4-6(7)13/h2-5H,1H3,(H,16,17). The molecule has 2 aromatic rings. The molecule has 94 valence electrons. The van der Waals surface area contributed by atoms with Crippen LogP contribution in [0.5, 0.6) is 5.88 Å². The Morgan fingerprint density at radius 2 is 2.17 bits per heavy atom. The van der Waals surface area contributed by atoms with Gasteiger partial charge in [-0.05, 0) is 12.1 Å². The van der Waals surface area contributed by atoms with Gasteiger partial charge in [0.2, 0.25) is 5.88 Å². The number of rotatable bonds is 3. The van der Waals surface area contributed by atoms with Crippen LogP contribution in [0.2, 0.25) is 5.02 Å². The SMILES string of the molecule is COc1c(Cl)c(C(=O)O)nn1-c1ccccc1F. The fraction of sp³-hybridized carbons (Fsp3) is 0.0909. The maximum atomic E-state index is 13.6. The minimum atomic E-state index is -1.31. The molecular formula is C11H8ClFN2O3. The Kier molecular flexibility index (Phi) is 3.20. The molecule has 0 radical (unpaired) electrons. The molecule has 0 aliphatic carbocycles. The van der Waals surface area contributed by atoms with E-state index in [1.54, 1.807) is 6.07 Å². The molecule has 7 heteroatoms. The second kappa shape index (κ2) is 4.66. The second-order valence-electron chi connectivity index (χ2n) is 3.34. The van der Waals surface area contributed by atoms with Crippen LogP contribution in [0.1, 0.15) is 10.5 Å². The van der Waals surface area contributed by atoms with Crippen LogP contribution in [-0.4, -0.2) is 28.0 Å². The number of aromatic carboxylic acids is 1. The molecule has 0 aliphatic rings. The first kappa shape index (κ1) is 12.4. The highest BCUT2D eigenvalue weighted by molar-refractivity contribution is 6.34. The van der Waals surface area contributed by atoms with Gasteiger partial charge in [0.1, 0.15) is 16.5 Å². The summed E-state index contributed by atoms with van der Waals surface area (Å²) in [6, 6.07) is 5.76. The number of methoxy groups -OCH3 is 1. The highest BCUT2D eigenvalue weighted by atomic mass is 35.5. The van der Waals surface area contributed by atoms with Gasteiger partial charge in [-0.2, -0.15) is 9.78 Å². The lowest BCUT2D eigenvalue weighted by Gasteiger charge is -2.06. The van der Waals surface area contributed by atoms with Crippen molar-refractivity contribution in [2.45, 2.75) is 0 Å². The number of para-hydroxylation sites is 1. The molecule has 1 heterocycles. The zero-order valence-corrected chi connectivity index (χ0v) is 9.98. The van der Waals surface area contributed by atoms with Gasteiger partial charge in [-0.15, -0.1) is 0 Å². The van der Waals surface area contributed by atoms with Gasteiger partial charge in [0.15, 0.2) is 5.69 Å². The van der Waals surface area contributed by atoms with Gasteiger partial charge in [0.05, 0.1) is 7.11 Å². The van der Waals surface area contributed by atoms with Crippen molar-refractivity contribution in [1.29, 1.82) is 0 Å². The van der Waals surface area contributed by atoms with Crippen molar-refractivity contribution in [2.75, 3.05) is 7.11 Å². The molecule has 0 fully saturated rings. The van der Waals surface area contributed by atoms with E-state index in [-0.39, 0.29) is 16.6 Å². The topological polar surface area (TPSA) is 64.3 Å². The Labute approximate surface area is 106 Å². The van der Waals surface area contributed by atoms with Crippen molar-refractivity contribution in [2.24, 2.45) is 0 Å². The van der Waals surface area contributed by atoms with E-state index in [4.69, 9.17) is 21.4 Å². The number of benzene rings is 1. The average Bonchev–Trinajstić information content (AvgIpc) is 2.67. The van der Waals surface area contributed by atoms with Gasteiger partial charge >= 0.3 is 5.97 Å². The predicted molar refractivity (Wildman–Crippen MR) is 62.0 cm³/mol. The van der Waals surface area contributed by atoms with Gasteiger partial charge in [0.25, 0.3) is 0 Å². The number of ether oxygens (including phenoxy) is 1. The Morgan fingerprint density at radius 1 is 1.50 bits per heavy atom. The maximum absolute atomic E-state index is 13.6. The monoisotopic (exact) mass is 270 g/mol. The number of carbonyl (C=O) groups is 1. The summed E-state index contributed by atoms with van der Waals surface area (Å²) in [4.78, 5) is 10.9. The molecular weight excluding hydrogens is 263 g/mol. The van der Waals surface area contributed by atoms with Crippen LogP contribution >= 0.6 is 11.6 Å². The van der Waals surface area contributed by atoms with E-state index in [1.807, 2.05) is 0 Å². The highest BCUT2D eigenvalue weighted by Gasteiger charge is 2.23. The lowest BCUT2D eigenvalue weighted by Crippen LogP contribution is -2.04. The summed E-state index contributed by atoms with van der Waals surface area (Å²) in [6.07, 6.45) is 0. The first-order valence-electron chi connectivity index (χ1n) is 4.87. The minimum Gasteiger partial charge on any atom is -0.480 e. The number of nitrogens with zero attached hydrogens (tertiary/aromatic N) is 2. The summed E-state index contributed by atoms with van der Waals surface area (Å²) in [7, 11) is 1.30. The number of hydrogen-bond acceptors (Lipinski definition) is 3. The molecule has 0 atom stereocenters. The third-order valence-electron chi connectivity index (χ3n) is 2.26. The van der Waals surface area contributed by atoms with Crippen LogP contribution < -0.4 is 4.74 Å². The third kappa shape index (κ3) is 1.91. The molecule has 1 aromatic carbocycles. The van der Waals surface area contributed by atoms with E-state index in [1.165, 1.54) is 25.3 Å². The number of hydrogen-bond donors (Lipinski definition) is 1. The number of carboxylic acids is 1. The van der Waals surface area contributed by atoms with E-state index in [9.17, 15) is 9.18 Å². The van der Waals surface area contributed by atoms with Gasteiger partial charge in [-0.3, -0.25) is 0 Å². The molecule has 2 rings (SSSR count). The quantitative estimate of drug-likeness (QED) is 0.930. The highest BCUT2D eigenvalue weighted by Crippen LogP contribution is 2.31. The normalized spacial score (nSPS) is 10.4. The largest absolute Gasteiger partial charge is 0.480 e. The molecule has 1 N–H and O–H groups in total. The molecule has 0 bridgehead atoms. The predicted octanol–water partition coefficient (Wildman–Crippen LogP) is 2.37. The van der Waals surface area contributed by atoms with E-state index < -0.39 is 17.5 Å². The number of carboxylic acid groups (broad SMARTS) is 1. The van der Waals surface area contributed by atoms with Gasteiger partial charge in [0, 0.05) is 0 Å². The van der Waals surface area contributed by atoms with Crippen molar-refractivity contribution in [1.82, 2.24) is 9.78 Å². The zero-order chi connectivity index (χ0) is 13.3. The summed E-state index contributed by atoms with van der Waals surface area (Å²) in [5.41, 5.74) is -0.333. The van der Waals surface area contributed by atoms with E-state index in [0.29, 0.717) is 0 Å². The molecule has 0 aliphatic heterocycles. The molecule has 0 spiro atoms. The van der Waals surface area contributed by atoms with E-state index in [2.05, 4.69) is 5.10 Å². The van der Waals surface area contributed by atoms with Crippen LogP contribution in [0.15, 0.2) is 24.3 Å². The van der Waals surface area contributed by atoms with Crippen LogP contribution in [0.3, 0.4) is 0 Å². The first-order valence-corrected chi connectivity index (χ1v) is 5.24. The molecule has 5 nitrogen and oxygen atoms in total. The van der Waals surface area contributed by atoms with Gasteiger partial charge in [-0.25, -0.2) is 9.18 Å². The van der Waals surface area contributed by atoms with Crippen molar-refractivity contribution in [3.8, 4) is 11.6 Å². The molecule has 18 heavy (non-hydrogen) atoms. The van der Waals surface area contributed by atoms with Crippen molar-refractivity contribution in [3.63, 3.8) is 0 Å². The summed E-state index contributed by atoms with van der Waals surface area (Å²) < 4.78 is 19.6. The Balaban J connectivity index is 2.68. The van der Waals surface area contributed by atoms with E-state index in [0.717, 1.165) is 4.68 Å². The molecule has 0 saturated carbocycles. The molecule has 0 unspecified atom stereocenters. The fourth-order valence-corrected chi connectivity index (χ4v) is 1.76. The Morgan fingerprint density at radius 3 is 2.72 bits per heavy atom. The smallest absolute Gasteiger partial charge is 0.358 e. The van der Waals surface area contributed by atoms with Crippen molar-refractivity contribution < 1.29 is 19.0 Å². The lowest BCUT2D eigenvalue weighted by molar-refractivity contribution is 0.0690. The number of halogens is 2. The summed E-state index contributed by atoms with van der Waals surface area (Å²) in [5, 5.41) is 12.5. The van der Waals surface area contributed by atoms with E-state index >= 15 is 0 Å². The Bertz CT molecular complexity index is 612. The molecule has 0 saturated heterocycles. The van der Waals surface area contributed by atoms with Crippen LogP contribution in [-0.2, 0) is 0 Å². The van der Waals surface area contributed by atoms with Crippen LogP contribution in [0.4, 0.5) is 4.39 Å². The fourth-order valence-electron chi connectivity index (χ4n) is 1.48. The molecule has 0 amide bonds. The van der Waals surface area contributed by atoms with Gasteiger partial charge < -0.3 is 9.84 Å². The minimum absolute atomic E-state index is 0.0285. The van der Waals surface area contributed by atoms with Crippen molar-refractivity contribution >= 4 is 17.6 Å². The van der Waals surface area contributed by atoms with Crippen LogP contribution in [0.25, 0.3) is 5.69 Å². The summed E-state index contributed by atoms with van der Waals surface area (Å²) in [6.45, 7) is 0. The Hall–Kier alpha value is -2.08. The lowest BCUT2D eigenvalue weighted by atomic mass is 10.3. The average molecular weight is 271 g/mol. The number of aromatic nitrogens is 2. The van der Waals surface area contributed by atoms with Crippen LogP contribution in [0, 0.1) is 5.82 Å². The second-order valence-corrected chi connectivity index (χ2v) is 3.72.